The van der Waals surface area contributed by atoms with Crippen LogP contribution in [0.2, 0.25) is 0 Å². The molecule has 0 fully saturated rings. The van der Waals surface area contributed by atoms with E-state index in [-0.39, 0.29) is 0 Å². The van der Waals surface area contributed by atoms with Crippen LogP contribution in [0.3, 0.4) is 0 Å². The van der Waals surface area contributed by atoms with Gasteiger partial charge in [-0.05, 0) is 32.7 Å². The summed E-state index contributed by atoms with van der Waals surface area (Å²) < 4.78 is 0. The molecule has 2 heteroatoms. The zero-order valence-electron chi connectivity index (χ0n) is 12.6. The van der Waals surface area contributed by atoms with Crippen molar-refractivity contribution in [2.75, 3.05) is 0 Å². The smallest absolute Gasteiger partial charge is 0.119 e. The molecule has 1 aliphatic rings. The minimum absolute atomic E-state index is 0.980. The van der Waals surface area contributed by atoms with Gasteiger partial charge in [0, 0.05) is 11.1 Å². The Bertz CT molecular complexity index is 1010. The van der Waals surface area contributed by atoms with E-state index in [0.717, 1.165) is 33.0 Å². The minimum Gasteiger partial charge on any atom is -0.306 e. The van der Waals surface area contributed by atoms with Crippen LogP contribution in [0.15, 0.2) is 72.8 Å². The Kier molecular flexibility index (Phi) is 2.34. The van der Waals surface area contributed by atoms with Crippen LogP contribution in [-0.2, 0) is 5.66 Å². The van der Waals surface area contributed by atoms with E-state index in [0.29, 0.717) is 0 Å². The van der Waals surface area contributed by atoms with Crippen molar-refractivity contribution in [2.45, 2.75) is 5.66 Å². The van der Waals surface area contributed by atoms with Gasteiger partial charge in [0.25, 0.3) is 0 Å². The number of rotatable bonds is 0. The fourth-order valence-corrected chi connectivity index (χ4v) is 4.01. The van der Waals surface area contributed by atoms with Crippen LogP contribution in [-0.4, -0.2) is 0 Å². The van der Waals surface area contributed by atoms with E-state index in [1.54, 1.807) is 0 Å². The summed E-state index contributed by atoms with van der Waals surface area (Å²) in [5.74, 6) is 0. The summed E-state index contributed by atoms with van der Waals surface area (Å²) in [5.41, 5.74) is 16.8. The third-order valence-electron chi connectivity index (χ3n) is 4.98. The Morgan fingerprint density at radius 1 is 0.522 bits per heavy atom. The second kappa shape index (κ2) is 4.19. The first-order valence-corrected chi connectivity index (χ1v) is 7.80. The van der Waals surface area contributed by atoms with E-state index in [1.165, 1.54) is 10.8 Å². The van der Waals surface area contributed by atoms with Gasteiger partial charge in [0.1, 0.15) is 5.66 Å². The Balaban J connectivity index is 1.99. The molecule has 2 nitrogen and oxygen atoms in total. The van der Waals surface area contributed by atoms with Crippen molar-refractivity contribution in [3.63, 3.8) is 0 Å². The molecule has 4 aromatic rings. The normalized spacial score (nSPS) is 14.9. The molecule has 4 N–H and O–H groups in total. The van der Waals surface area contributed by atoms with Crippen molar-refractivity contribution in [3.05, 3.63) is 83.9 Å². The Morgan fingerprint density at radius 2 is 0.957 bits per heavy atom. The molecule has 0 saturated heterocycles. The van der Waals surface area contributed by atoms with Gasteiger partial charge in [-0.1, -0.05) is 72.8 Å². The lowest BCUT2D eigenvalue weighted by Gasteiger charge is -2.24. The lowest BCUT2D eigenvalue weighted by Crippen LogP contribution is -2.45. The number of fused-ring (bicyclic) bond motifs is 7. The first-order chi connectivity index (χ1) is 11.2. The first kappa shape index (κ1) is 12.8. The van der Waals surface area contributed by atoms with Crippen molar-refractivity contribution < 1.29 is 0 Å². The molecule has 0 spiro atoms. The summed E-state index contributed by atoms with van der Waals surface area (Å²) in [6.45, 7) is 0. The van der Waals surface area contributed by atoms with Gasteiger partial charge in [-0.3, -0.25) is 0 Å². The molecule has 110 valence electrons. The van der Waals surface area contributed by atoms with Crippen LogP contribution in [0.5, 0.6) is 0 Å². The van der Waals surface area contributed by atoms with Gasteiger partial charge in [0.05, 0.1) is 0 Å². The predicted octanol–water partition coefficient (Wildman–Crippen LogP) is 4.09. The van der Waals surface area contributed by atoms with Crippen LogP contribution in [0.4, 0.5) is 0 Å². The lowest BCUT2D eigenvalue weighted by atomic mass is 9.91. The molecule has 0 amide bonds. The highest BCUT2D eigenvalue weighted by molar-refractivity contribution is 6.03. The van der Waals surface area contributed by atoms with Gasteiger partial charge < -0.3 is 11.5 Å². The van der Waals surface area contributed by atoms with Crippen LogP contribution < -0.4 is 11.5 Å². The fourth-order valence-electron chi connectivity index (χ4n) is 4.01. The van der Waals surface area contributed by atoms with Crippen LogP contribution in [0, 0.1) is 0 Å². The van der Waals surface area contributed by atoms with E-state index >= 15 is 0 Å². The number of hydrogen-bond acceptors (Lipinski definition) is 2. The standard InChI is InChI=1S/C21H16N2/c22-21(23)19-15-7-3-1-5-13(15)9-11-17(19)18-12-10-14-6-2-4-8-16(14)20(18)21/h1-12H,22-23H2. The maximum atomic E-state index is 6.71. The molecule has 0 bridgehead atoms. The highest BCUT2D eigenvalue weighted by Gasteiger charge is 2.39. The second-order valence-electron chi connectivity index (χ2n) is 6.29. The summed E-state index contributed by atoms with van der Waals surface area (Å²) >= 11 is 0. The molecule has 1 aliphatic carbocycles. The van der Waals surface area contributed by atoms with E-state index in [9.17, 15) is 0 Å². The van der Waals surface area contributed by atoms with Gasteiger partial charge in [-0.15, -0.1) is 0 Å². The van der Waals surface area contributed by atoms with Crippen molar-refractivity contribution in [2.24, 2.45) is 11.5 Å². The molecular formula is C21H16N2. The van der Waals surface area contributed by atoms with Gasteiger partial charge in [-0.25, -0.2) is 0 Å². The molecule has 4 aromatic carbocycles. The first-order valence-electron chi connectivity index (χ1n) is 7.80. The minimum atomic E-state index is -0.980. The predicted molar refractivity (Wildman–Crippen MR) is 96.0 cm³/mol. The molecule has 23 heavy (non-hydrogen) atoms. The molecule has 5 rings (SSSR count). The molecule has 0 aromatic heterocycles. The van der Waals surface area contributed by atoms with Gasteiger partial charge in [0.2, 0.25) is 0 Å². The van der Waals surface area contributed by atoms with Gasteiger partial charge in [0.15, 0.2) is 0 Å². The summed E-state index contributed by atoms with van der Waals surface area (Å²) in [6, 6.07) is 25.2. The number of hydrogen-bond donors (Lipinski definition) is 2. The second-order valence-corrected chi connectivity index (χ2v) is 6.29. The summed E-state index contributed by atoms with van der Waals surface area (Å²) in [6.07, 6.45) is 0. The third kappa shape index (κ3) is 1.54. The Labute approximate surface area is 134 Å². The fraction of sp³-hybridized carbons (Fsp3) is 0.0476. The third-order valence-corrected chi connectivity index (χ3v) is 4.98. The molecule has 0 aliphatic heterocycles. The lowest BCUT2D eigenvalue weighted by molar-refractivity contribution is 0.594. The van der Waals surface area contributed by atoms with Crippen molar-refractivity contribution in [1.29, 1.82) is 0 Å². The quantitative estimate of drug-likeness (QED) is 0.480. The average molecular weight is 296 g/mol. The Morgan fingerprint density at radius 3 is 1.43 bits per heavy atom. The SMILES string of the molecule is NC1(N)c2c(ccc3ccccc23)-c2ccc3ccccc3c21. The average Bonchev–Trinajstić information content (AvgIpc) is 2.83. The zero-order valence-corrected chi connectivity index (χ0v) is 12.6. The summed E-state index contributed by atoms with van der Waals surface area (Å²) in [4.78, 5) is 0. The van der Waals surface area contributed by atoms with E-state index < -0.39 is 5.66 Å². The largest absolute Gasteiger partial charge is 0.306 e. The molecule has 0 atom stereocenters. The van der Waals surface area contributed by atoms with E-state index in [4.69, 9.17) is 11.5 Å². The maximum Gasteiger partial charge on any atom is 0.119 e. The van der Waals surface area contributed by atoms with Crippen molar-refractivity contribution >= 4 is 21.5 Å². The van der Waals surface area contributed by atoms with Crippen LogP contribution in [0.25, 0.3) is 32.7 Å². The van der Waals surface area contributed by atoms with Crippen LogP contribution >= 0.6 is 0 Å². The maximum absolute atomic E-state index is 6.71. The molecule has 0 saturated carbocycles. The summed E-state index contributed by atoms with van der Waals surface area (Å²) in [5, 5.41) is 4.61. The zero-order chi connectivity index (χ0) is 15.6. The molecule has 0 unspecified atom stereocenters. The highest BCUT2D eigenvalue weighted by Crippen LogP contribution is 2.48. The van der Waals surface area contributed by atoms with Gasteiger partial charge >= 0.3 is 0 Å². The van der Waals surface area contributed by atoms with E-state index in [2.05, 4.69) is 48.5 Å². The van der Waals surface area contributed by atoms with Gasteiger partial charge in [-0.2, -0.15) is 0 Å². The Hall–Kier alpha value is -2.68. The highest BCUT2D eigenvalue weighted by atomic mass is 15.0. The monoisotopic (exact) mass is 296 g/mol. The van der Waals surface area contributed by atoms with Crippen molar-refractivity contribution in [3.8, 4) is 11.1 Å². The number of nitrogens with two attached hydrogens (primary N) is 2. The summed E-state index contributed by atoms with van der Waals surface area (Å²) in [7, 11) is 0. The molecule has 0 heterocycles. The topological polar surface area (TPSA) is 52.0 Å². The van der Waals surface area contributed by atoms with Crippen molar-refractivity contribution in [1.82, 2.24) is 0 Å². The van der Waals surface area contributed by atoms with E-state index in [1.807, 2.05) is 24.3 Å². The molecular weight excluding hydrogens is 280 g/mol. The number of benzene rings is 4. The van der Waals surface area contributed by atoms with Crippen LogP contribution in [0.1, 0.15) is 11.1 Å². The molecule has 0 radical (unpaired) electrons.